The fraction of sp³-hybridized carbons (Fsp3) is 0.182. The van der Waals surface area contributed by atoms with Crippen LogP contribution in [-0.2, 0) is 11.4 Å². The van der Waals surface area contributed by atoms with Crippen molar-refractivity contribution in [1.82, 2.24) is 4.98 Å². The van der Waals surface area contributed by atoms with Crippen molar-refractivity contribution >= 4 is 10.8 Å². The summed E-state index contributed by atoms with van der Waals surface area (Å²) < 4.78 is 0. The molecular formula is C11H12N2O. The maximum absolute atomic E-state index is 5.03. The zero-order chi connectivity index (χ0) is 9.97. The number of hydrogen-bond donors (Lipinski definition) is 1. The summed E-state index contributed by atoms with van der Waals surface area (Å²) in [6.07, 6.45) is 1.82. The second-order valence-corrected chi connectivity index (χ2v) is 3.26. The molecule has 0 aliphatic heterocycles. The number of pyridine rings is 1. The average Bonchev–Trinajstić information content (AvgIpc) is 2.20. The Kier molecular flexibility index (Phi) is 2.43. The van der Waals surface area contributed by atoms with Gasteiger partial charge in [-0.2, -0.15) is 0 Å². The molecule has 0 unspecified atom stereocenters. The molecule has 0 saturated heterocycles. The Hall–Kier alpha value is -1.45. The highest BCUT2D eigenvalue weighted by atomic mass is 16.6. The molecule has 3 heteroatoms. The number of nitrogens with two attached hydrogens (primary N) is 1. The largest absolute Gasteiger partial charge is 0.300 e. The van der Waals surface area contributed by atoms with E-state index in [0.29, 0.717) is 6.61 Å². The van der Waals surface area contributed by atoms with Crippen LogP contribution in [0.25, 0.3) is 10.8 Å². The quantitative estimate of drug-likeness (QED) is 0.732. The van der Waals surface area contributed by atoms with Gasteiger partial charge in [-0.15, -0.1) is 0 Å². The van der Waals surface area contributed by atoms with Crippen molar-refractivity contribution in [1.29, 1.82) is 0 Å². The Morgan fingerprint density at radius 2 is 2.21 bits per heavy atom. The van der Waals surface area contributed by atoms with Crippen LogP contribution < -0.4 is 5.90 Å². The smallest absolute Gasteiger partial charge is 0.0930 e. The number of aromatic nitrogens is 1. The van der Waals surface area contributed by atoms with Crippen molar-refractivity contribution in [2.45, 2.75) is 13.5 Å². The van der Waals surface area contributed by atoms with Crippen LogP contribution in [0.15, 0.2) is 30.5 Å². The molecule has 1 heterocycles. The lowest BCUT2D eigenvalue weighted by atomic mass is 10.1. The number of benzene rings is 1. The summed E-state index contributed by atoms with van der Waals surface area (Å²) >= 11 is 0. The first-order valence-electron chi connectivity index (χ1n) is 4.47. The summed E-state index contributed by atoms with van der Waals surface area (Å²) in [7, 11) is 0. The molecule has 0 atom stereocenters. The minimum Gasteiger partial charge on any atom is -0.300 e. The molecule has 14 heavy (non-hydrogen) atoms. The van der Waals surface area contributed by atoms with Gasteiger partial charge in [0.2, 0.25) is 0 Å². The zero-order valence-corrected chi connectivity index (χ0v) is 8.03. The highest BCUT2D eigenvalue weighted by Crippen LogP contribution is 2.18. The van der Waals surface area contributed by atoms with E-state index in [1.165, 1.54) is 5.39 Å². The number of fused-ring (bicyclic) bond motifs is 1. The van der Waals surface area contributed by atoms with Crippen molar-refractivity contribution in [3.05, 3.63) is 41.7 Å². The van der Waals surface area contributed by atoms with Crippen LogP contribution in [-0.4, -0.2) is 4.98 Å². The lowest BCUT2D eigenvalue weighted by Crippen LogP contribution is -1.98. The first-order valence-corrected chi connectivity index (χ1v) is 4.47. The van der Waals surface area contributed by atoms with E-state index in [2.05, 4.69) is 22.0 Å². The topological polar surface area (TPSA) is 48.1 Å². The molecule has 2 rings (SSSR count). The molecule has 0 aliphatic carbocycles. The predicted octanol–water partition coefficient (Wildman–Crippen LogP) is 1.93. The summed E-state index contributed by atoms with van der Waals surface area (Å²) in [6, 6.07) is 8.12. The fourth-order valence-electron chi connectivity index (χ4n) is 1.55. The second kappa shape index (κ2) is 3.74. The lowest BCUT2D eigenvalue weighted by molar-refractivity contribution is 0.124. The van der Waals surface area contributed by atoms with Crippen LogP contribution in [0, 0.1) is 6.92 Å². The Morgan fingerprint density at radius 3 is 3.00 bits per heavy atom. The Morgan fingerprint density at radius 1 is 1.36 bits per heavy atom. The molecule has 1 aromatic carbocycles. The average molecular weight is 188 g/mol. The van der Waals surface area contributed by atoms with Gasteiger partial charge in [0, 0.05) is 17.3 Å². The zero-order valence-electron chi connectivity index (χ0n) is 8.03. The third kappa shape index (κ3) is 1.60. The van der Waals surface area contributed by atoms with Crippen LogP contribution in [0.5, 0.6) is 0 Å². The molecule has 0 bridgehead atoms. The van der Waals surface area contributed by atoms with Gasteiger partial charge in [-0.05, 0) is 30.0 Å². The Bertz CT molecular complexity index is 454. The van der Waals surface area contributed by atoms with Crippen LogP contribution in [0.2, 0.25) is 0 Å². The monoisotopic (exact) mass is 188 g/mol. The van der Waals surface area contributed by atoms with E-state index in [4.69, 9.17) is 5.90 Å². The van der Waals surface area contributed by atoms with E-state index in [0.717, 1.165) is 16.6 Å². The molecule has 3 nitrogen and oxygen atoms in total. The van der Waals surface area contributed by atoms with Gasteiger partial charge in [0.1, 0.15) is 0 Å². The summed E-state index contributed by atoms with van der Waals surface area (Å²) in [6.45, 7) is 2.43. The van der Waals surface area contributed by atoms with E-state index >= 15 is 0 Å². The molecule has 0 aliphatic rings. The first-order chi connectivity index (χ1) is 6.81. The number of hydrogen-bond acceptors (Lipinski definition) is 3. The number of nitrogens with zero attached hydrogens (tertiary/aromatic N) is 1. The van der Waals surface area contributed by atoms with Crippen LogP contribution in [0.4, 0.5) is 0 Å². The standard InChI is InChI=1S/C11H12N2O/c1-8-11-6-9(7-14-12)2-3-10(11)4-5-13-8/h2-6H,7,12H2,1H3. The van der Waals surface area contributed by atoms with Crippen molar-refractivity contribution in [2.24, 2.45) is 5.90 Å². The second-order valence-electron chi connectivity index (χ2n) is 3.26. The summed E-state index contributed by atoms with van der Waals surface area (Å²) in [4.78, 5) is 8.83. The summed E-state index contributed by atoms with van der Waals surface area (Å²) in [5, 5.41) is 2.35. The van der Waals surface area contributed by atoms with Crippen molar-refractivity contribution < 1.29 is 4.84 Å². The molecule has 0 amide bonds. The fourth-order valence-corrected chi connectivity index (χ4v) is 1.55. The van der Waals surface area contributed by atoms with Gasteiger partial charge < -0.3 is 0 Å². The van der Waals surface area contributed by atoms with E-state index in [9.17, 15) is 0 Å². The molecule has 0 saturated carbocycles. The van der Waals surface area contributed by atoms with E-state index < -0.39 is 0 Å². The predicted molar refractivity (Wildman–Crippen MR) is 55.5 cm³/mol. The van der Waals surface area contributed by atoms with Crippen molar-refractivity contribution in [3.63, 3.8) is 0 Å². The molecule has 0 radical (unpaired) electrons. The normalized spacial score (nSPS) is 10.7. The van der Waals surface area contributed by atoms with Crippen LogP contribution >= 0.6 is 0 Å². The molecule has 2 N–H and O–H groups in total. The third-order valence-corrected chi connectivity index (χ3v) is 2.28. The summed E-state index contributed by atoms with van der Waals surface area (Å²) in [5.41, 5.74) is 2.09. The van der Waals surface area contributed by atoms with Gasteiger partial charge >= 0.3 is 0 Å². The highest BCUT2D eigenvalue weighted by Gasteiger charge is 1.99. The first kappa shape index (κ1) is 9.12. The van der Waals surface area contributed by atoms with Gasteiger partial charge in [-0.3, -0.25) is 9.82 Å². The van der Waals surface area contributed by atoms with Crippen LogP contribution in [0.1, 0.15) is 11.3 Å². The SMILES string of the molecule is Cc1nccc2ccc(CON)cc12. The van der Waals surface area contributed by atoms with Gasteiger partial charge in [-0.1, -0.05) is 12.1 Å². The molecule has 1 aromatic heterocycles. The minimum absolute atomic E-state index is 0.435. The molecule has 72 valence electrons. The maximum Gasteiger partial charge on any atom is 0.0930 e. The van der Waals surface area contributed by atoms with Crippen molar-refractivity contribution in [3.8, 4) is 0 Å². The molecule has 0 spiro atoms. The third-order valence-electron chi connectivity index (χ3n) is 2.28. The van der Waals surface area contributed by atoms with E-state index in [1.54, 1.807) is 0 Å². The van der Waals surface area contributed by atoms with Crippen LogP contribution in [0.3, 0.4) is 0 Å². The van der Waals surface area contributed by atoms with E-state index in [1.807, 2.05) is 25.3 Å². The summed E-state index contributed by atoms with van der Waals surface area (Å²) in [5.74, 6) is 5.03. The van der Waals surface area contributed by atoms with Gasteiger partial charge in [0.25, 0.3) is 0 Å². The maximum atomic E-state index is 5.03. The molecular weight excluding hydrogens is 176 g/mol. The Balaban J connectivity index is 2.58. The van der Waals surface area contributed by atoms with Gasteiger partial charge in [0.05, 0.1) is 6.61 Å². The van der Waals surface area contributed by atoms with Gasteiger partial charge in [0.15, 0.2) is 0 Å². The molecule has 2 aromatic rings. The lowest BCUT2D eigenvalue weighted by Gasteiger charge is -2.03. The highest BCUT2D eigenvalue weighted by molar-refractivity contribution is 5.84. The molecule has 0 fully saturated rings. The minimum atomic E-state index is 0.435. The van der Waals surface area contributed by atoms with Gasteiger partial charge in [-0.25, -0.2) is 5.90 Å². The number of aryl methyl sites for hydroxylation is 1. The van der Waals surface area contributed by atoms with Crippen molar-refractivity contribution in [2.75, 3.05) is 0 Å². The van der Waals surface area contributed by atoms with E-state index in [-0.39, 0.29) is 0 Å². The Labute approximate surface area is 82.5 Å². The number of rotatable bonds is 2.